The molecular weight excluding hydrogens is 627 g/mol. The number of hydrogen-bond acceptors (Lipinski definition) is 1. The third-order valence-electron chi connectivity index (χ3n) is 11.5. The van der Waals surface area contributed by atoms with Crippen molar-refractivity contribution in [2.45, 2.75) is 0 Å². The lowest BCUT2D eigenvalue weighted by Gasteiger charge is -2.20. The van der Waals surface area contributed by atoms with Crippen molar-refractivity contribution in [2.75, 3.05) is 0 Å². The maximum Gasteiger partial charge on any atom is 0.0702 e. The second-order valence-electron chi connectivity index (χ2n) is 14.2. The van der Waals surface area contributed by atoms with E-state index in [-0.39, 0.29) is 0 Å². The van der Waals surface area contributed by atoms with Crippen LogP contribution in [0.3, 0.4) is 0 Å². The lowest BCUT2D eigenvalue weighted by atomic mass is 9.83. The summed E-state index contributed by atoms with van der Waals surface area (Å²) in [6.07, 6.45) is 2.05. The number of aromatic nitrogens is 1. The predicted molar refractivity (Wildman–Crippen MR) is 224 cm³/mol. The minimum atomic E-state index is 1.01. The smallest absolute Gasteiger partial charge is 0.0702 e. The van der Waals surface area contributed by atoms with Gasteiger partial charge in [0.15, 0.2) is 0 Å². The maximum atomic E-state index is 4.91. The average molecular weight is 656 g/mol. The Morgan fingerprint density at radius 1 is 0.269 bits per heavy atom. The van der Waals surface area contributed by atoms with Crippen molar-refractivity contribution < 1.29 is 0 Å². The molecule has 0 aliphatic rings. The summed E-state index contributed by atoms with van der Waals surface area (Å²) in [5, 5.41) is 21.7. The van der Waals surface area contributed by atoms with Crippen LogP contribution in [0.5, 0.6) is 0 Å². The fraction of sp³-hybridized carbons (Fsp3) is 0. The predicted octanol–water partition coefficient (Wildman–Crippen LogP) is 14.2. The SMILES string of the molecule is c1ccc2ncc(-c3c4ccccc4c(-c4cc5ccc6cccc7c8cccc9ccc%10cccc(c(c4)c5c67)c%10c98)c4ccccc34)cc2c1. The first-order valence-electron chi connectivity index (χ1n) is 18.0. The molecule has 0 spiro atoms. The number of rotatable bonds is 2. The van der Waals surface area contributed by atoms with Crippen molar-refractivity contribution in [1.29, 1.82) is 0 Å². The third-order valence-corrected chi connectivity index (χ3v) is 11.5. The number of hydrogen-bond donors (Lipinski definition) is 0. The van der Waals surface area contributed by atoms with E-state index in [2.05, 4.69) is 170 Å². The Morgan fingerprint density at radius 3 is 1.25 bits per heavy atom. The molecule has 1 aromatic heterocycles. The molecular formula is C51H29N. The van der Waals surface area contributed by atoms with Gasteiger partial charge in [0.2, 0.25) is 0 Å². The first kappa shape index (κ1) is 27.9. The Hall–Kier alpha value is -6.83. The van der Waals surface area contributed by atoms with E-state index in [4.69, 9.17) is 4.98 Å². The normalized spacial score (nSPS) is 12.2. The third kappa shape index (κ3) is 3.75. The van der Waals surface area contributed by atoms with Gasteiger partial charge in [-0.15, -0.1) is 0 Å². The second kappa shape index (κ2) is 10.4. The number of nitrogens with zero attached hydrogens (tertiary/aromatic N) is 1. The second-order valence-corrected chi connectivity index (χ2v) is 14.2. The van der Waals surface area contributed by atoms with Gasteiger partial charge >= 0.3 is 0 Å². The van der Waals surface area contributed by atoms with E-state index >= 15 is 0 Å². The highest BCUT2D eigenvalue weighted by Crippen LogP contribution is 2.48. The molecule has 0 aliphatic heterocycles. The number of fused-ring (bicyclic) bond motifs is 5. The summed E-state index contributed by atoms with van der Waals surface area (Å²) in [6.45, 7) is 0. The minimum absolute atomic E-state index is 1.01. The summed E-state index contributed by atoms with van der Waals surface area (Å²) in [7, 11) is 0. The zero-order valence-corrected chi connectivity index (χ0v) is 28.2. The molecule has 52 heavy (non-hydrogen) atoms. The van der Waals surface area contributed by atoms with Crippen LogP contribution in [0.2, 0.25) is 0 Å². The number of pyridine rings is 1. The summed E-state index contributed by atoms with van der Waals surface area (Å²) in [5.41, 5.74) is 5.87. The molecule has 0 N–H and O–H groups in total. The van der Waals surface area contributed by atoms with Crippen LogP contribution in [-0.4, -0.2) is 4.98 Å². The van der Waals surface area contributed by atoms with E-state index in [0.717, 1.165) is 16.5 Å². The van der Waals surface area contributed by atoms with Crippen molar-refractivity contribution in [2.24, 2.45) is 0 Å². The highest BCUT2D eigenvalue weighted by molar-refractivity contribution is 6.37. The van der Waals surface area contributed by atoms with Crippen LogP contribution in [0.4, 0.5) is 0 Å². The van der Waals surface area contributed by atoms with Crippen LogP contribution in [0.15, 0.2) is 176 Å². The zero-order valence-electron chi connectivity index (χ0n) is 28.2. The van der Waals surface area contributed by atoms with E-state index < -0.39 is 0 Å². The first-order chi connectivity index (χ1) is 25.8. The van der Waals surface area contributed by atoms with E-state index in [0.29, 0.717) is 0 Å². The summed E-state index contributed by atoms with van der Waals surface area (Å²) in [4.78, 5) is 4.91. The van der Waals surface area contributed by atoms with Gasteiger partial charge in [0.05, 0.1) is 5.52 Å². The van der Waals surface area contributed by atoms with Gasteiger partial charge in [0.1, 0.15) is 0 Å². The van der Waals surface area contributed by atoms with Gasteiger partial charge < -0.3 is 0 Å². The van der Waals surface area contributed by atoms with Gasteiger partial charge in [-0.1, -0.05) is 146 Å². The highest BCUT2D eigenvalue weighted by atomic mass is 14.6. The van der Waals surface area contributed by atoms with Gasteiger partial charge in [0, 0.05) is 17.1 Å². The standard InChI is InChI=1S/C51H29N/c1-6-21-45-33(10-1)26-36(29-52-45)47-39-16-4-2-14-37(39)46(38-15-3-5-17-40(38)47)35-27-34-25-24-32-12-8-19-42-41-18-7-11-30-22-23-31-13-9-20-43(50(31)48(30)41)44(28-35)51(34)49(32)42/h1-29H. The van der Waals surface area contributed by atoms with Crippen molar-refractivity contribution in [1.82, 2.24) is 4.98 Å². The molecule has 0 bridgehead atoms. The lowest BCUT2D eigenvalue weighted by Crippen LogP contribution is -1.93. The lowest BCUT2D eigenvalue weighted by molar-refractivity contribution is 1.41. The van der Waals surface area contributed by atoms with Crippen LogP contribution in [0.1, 0.15) is 0 Å². The molecule has 1 nitrogen and oxygen atoms in total. The van der Waals surface area contributed by atoms with Crippen LogP contribution in [0.25, 0.3) is 119 Å². The average Bonchev–Trinajstić information content (AvgIpc) is 3.20. The molecule has 1 heteroatoms. The van der Waals surface area contributed by atoms with Crippen LogP contribution in [-0.2, 0) is 0 Å². The minimum Gasteiger partial charge on any atom is -0.256 e. The summed E-state index contributed by atoms with van der Waals surface area (Å²) < 4.78 is 0. The molecule has 238 valence electrons. The van der Waals surface area contributed by atoms with Crippen LogP contribution >= 0.6 is 0 Å². The Morgan fingerprint density at radius 2 is 0.673 bits per heavy atom. The Kier molecular flexibility index (Phi) is 5.56. The van der Waals surface area contributed by atoms with Crippen molar-refractivity contribution in [3.8, 4) is 22.3 Å². The Balaban J connectivity index is 1.28. The first-order valence-corrected chi connectivity index (χ1v) is 18.0. The molecule has 0 atom stereocenters. The van der Waals surface area contributed by atoms with E-state index in [9.17, 15) is 0 Å². The molecule has 0 fully saturated rings. The molecule has 0 aliphatic carbocycles. The monoisotopic (exact) mass is 655 g/mol. The van der Waals surface area contributed by atoms with E-state index in [1.54, 1.807) is 0 Å². The molecule has 0 unspecified atom stereocenters. The highest BCUT2D eigenvalue weighted by Gasteiger charge is 2.20. The summed E-state index contributed by atoms with van der Waals surface area (Å²) >= 11 is 0. The Bertz CT molecular complexity index is 3400. The molecule has 12 aromatic rings. The largest absolute Gasteiger partial charge is 0.256 e. The molecule has 1 heterocycles. The van der Waals surface area contributed by atoms with E-state index in [1.807, 2.05) is 6.20 Å². The number of benzene rings is 10. The van der Waals surface area contributed by atoms with Gasteiger partial charge in [-0.3, -0.25) is 4.98 Å². The number of para-hydroxylation sites is 1. The molecule has 0 amide bonds. The quantitative estimate of drug-likeness (QED) is 0.133. The van der Waals surface area contributed by atoms with Crippen LogP contribution in [0, 0.1) is 0 Å². The van der Waals surface area contributed by atoms with Crippen molar-refractivity contribution >= 4 is 97.1 Å². The molecule has 12 rings (SSSR count). The van der Waals surface area contributed by atoms with Crippen molar-refractivity contribution in [3.63, 3.8) is 0 Å². The molecule has 0 saturated heterocycles. The van der Waals surface area contributed by atoms with E-state index in [1.165, 1.54) is 103 Å². The molecule has 0 saturated carbocycles. The fourth-order valence-corrected chi connectivity index (χ4v) is 9.39. The van der Waals surface area contributed by atoms with Gasteiger partial charge in [0.25, 0.3) is 0 Å². The fourth-order valence-electron chi connectivity index (χ4n) is 9.39. The molecule has 11 aromatic carbocycles. The van der Waals surface area contributed by atoms with Gasteiger partial charge in [-0.2, -0.15) is 0 Å². The summed E-state index contributed by atoms with van der Waals surface area (Å²) in [6, 6.07) is 63.2. The zero-order chi connectivity index (χ0) is 33.9. The Labute approximate surface area is 299 Å². The van der Waals surface area contributed by atoms with Gasteiger partial charge in [-0.25, -0.2) is 0 Å². The topological polar surface area (TPSA) is 12.9 Å². The van der Waals surface area contributed by atoms with Gasteiger partial charge in [-0.05, 0) is 127 Å². The maximum absolute atomic E-state index is 4.91. The molecule has 0 radical (unpaired) electrons. The summed E-state index contributed by atoms with van der Waals surface area (Å²) in [5.74, 6) is 0. The van der Waals surface area contributed by atoms with Crippen LogP contribution < -0.4 is 0 Å². The van der Waals surface area contributed by atoms with Crippen molar-refractivity contribution in [3.05, 3.63) is 176 Å².